The first kappa shape index (κ1) is 28.1. The van der Waals surface area contributed by atoms with Gasteiger partial charge in [-0.3, -0.25) is 0 Å². The Labute approximate surface area is 294 Å². The van der Waals surface area contributed by atoms with Crippen LogP contribution in [-0.4, -0.2) is 9.97 Å². The predicted molar refractivity (Wildman–Crippen MR) is 203 cm³/mol. The van der Waals surface area contributed by atoms with Crippen LogP contribution in [0.4, 0.5) is 0 Å². The average molecular weight is 653 g/mol. The number of nitrogens with zero attached hydrogens (tertiary/aromatic N) is 2. The second kappa shape index (κ2) is 10.6. The van der Waals surface area contributed by atoms with E-state index in [2.05, 4.69) is 121 Å². The molecule has 0 N–H and O–H groups in total. The van der Waals surface area contributed by atoms with Crippen molar-refractivity contribution in [2.75, 3.05) is 0 Å². The molecule has 2 aromatic heterocycles. The smallest absolute Gasteiger partial charge is 0.160 e. The molecule has 1 aliphatic carbocycles. The largest absolute Gasteiger partial charge is 0.456 e. The lowest BCUT2D eigenvalue weighted by Gasteiger charge is -2.39. The fourth-order valence-electron chi connectivity index (χ4n) is 8.46. The van der Waals surface area contributed by atoms with Gasteiger partial charge in [-0.05, 0) is 52.6 Å². The van der Waals surface area contributed by atoms with Crippen molar-refractivity contribution in [1.82, 2.24) is 9.97 Å². The van der Waals surface area contributed by atoms with Crippen LogP contribution in [0.5, 0.6) is 11.5 Å². The second-order valence-corrected chi connectivity index (χ2v) is 13.2. The first-order valence-electron chi connectivity index (χ1n) is 17.2. The summed E-state index contributed by atoms with van der Waals surface area (Å²) in [6.07, 6.45) is 0. The summed E-state index contributed by atoms with van der Waals surface area (Å²) in [4.78, 5) is 10.2. The van der Waals surface area contributed by atoms with Gasteiger partial charge in [-0.15, -0.1) is 0 Å². The summed E-state index contributed by atoms with van der Waals surface area (Å²) < 4.78 is 13.8. The third-order valence-electron chi connectivity index (χ3n) is 10.6. The maximum atomic E-state index is 6.99. The zero-order chi connectivity index (χ0) is 33.5. The van der Waals surface area contributed by atoms with Crippen molar-refractivity contribution < 1.29 is 9.15 Å². The van der Waals surface area contributed by atoms with E-state index in [0.717, 1.165) is 72.6 Å². The van der Waals surface area contributed by atoms with Crippen LogP contribution in [0.25, 0.3) is 67.0 Å². The highest BCUT2D eigenvalue weighted by Gasteiger charge is 2.51. The molecule has 0 saturated carbocycles. The van der Waals surface area contributed by atoms with Gasteiger partial charge < -0.3 is 9.15 Å². The van der Waals surface area contributed by atoms with Crippen molar-refractivity contribution >= 4 is 21.9 Å². The highest BCUT2D eigenvalue weighted by atomic mass is 16.5. The van der Waals surface area contributed by atoms with Gasteiger partial charge in [0.25, 0.3) is 0 Å². The molecule has 0 radical (unpaired) electrons. The van der Waals surface area contributed by atoms with Crippen LogP contribution in [0.3, 0.4) is 0 Å². The van der Waals surface area contributed by atoms with Crippen LogP contribution < -0.4 is 4.74 Å². The fraction of sp³-hybridized carbons (Fsp3) is 0.0213. The molecule has 1 spiro atoms. The van der Waals surface area contributed by atoms with Gasteiger partial charge in [0.15, 0.2) is 5.82 Å². The summed E-state index contributed by atoms with van der Waals surface area (Å²) in [5.41, 5.74) is 12.8. The number of furan rings is 1. The van der Waals surface area contributed by atoms with E-state index in [4.69, 9.17) is 19.1 Å². The van der Waals surface area contributed by atoms with E-state index in [9.17, 15) is 0 Å². The number of benzene rings is 7. The molecule has 7 aromatic carbocycles. The van der Waals surface area contributed by atoms with E-state index < -0.39 is 5.41 Å². The number of aromatic nitrogens is 2. The Hall–Kier alpha value is -6.78. The molecule has 9 aromatic rings. The third kappa shape index (κ3) is 3.90. The summed E-state index contributed by atoms with van der Waals surface area (Å²) >= 11 is 0. The molecule has 0 unspecified atom stereocenters. The predicted octanol–water partition coefficient (Wildman–Crippen LogP) is 11.8. The van der Waals surface area contributed by atoms with E-state index in [-0.39, 0.29) is 0 Å². The Kier molecular flexibility index (Phi) is 5.84. The Balaban J connectivity index is 1.19. The zero-order valence-electron chi connectivity index (χ0n) is 27.4. The number of para-hydroxylation sites is 2. The quantitative estimate of drug-likeness (QED) is 0.191. The Bertz CT molecular complexity index is 2730. The molecule has 2 aliphatic rings. The number of hydrogen-bond donors (Lipinski definition) is 0. The van der Waals surface area contributed by atoms with E-state index >= 15 is 0 Å². The number of fused-ring (bicyclic) bond motifs is 13. The summed E-state index contributed by atoms with van der Waals surface area (Å²) in [5.74, 6) is 2.34. The Morgan fingerprint density at radius 3 is 1.80 bits per heavy atom. The van der Waals surface area contributed by atoms with Crippen molar-refractivity contribution in [2.24, 2.45) is 0 Å². The van der Waals surface area contributed by atoms with Gasteiger partial charge in [-0.2, -0.15) is 0 Å². The summed E-state index contributed by atoms with van der Waals surface area (Å²) in [7, 11) is 0. The van der Waals surface area contributed by atoms with Crippen LogP contribution in [0.2, 0.25) is 0 Å². The molecule has 238 valence electrons. The lowest BCUT2D eigenvalue weighted by molar-refractivity contribution is 0.441. The van der Waals surface area contributed by atoms with E-state index in [1.54, 1.807) is 0 Å². The SMILES string of the molecule is c1ccc(-c2cc(-c3cccc4c3oc3ccc5c(c34)Oc3ccccc3C53c4ccccc4-c4ccccc43)nc(-c3ccccc3)n2)cc1. The van der Waals surface area contributed by atoms with Gasteiger partial charge >= 0.3 is 0 Å². The molecule has 0 amide bonds. The highest BCUT2D eigenvalue weighted by Crippen LogP contribution is 2.63. The first-order valence-corrected chi connectivity index (χ1v) is 17.2. The number of rotatable bonds is 3. The molecule has 51 heavy (non-hydrogen) atoms. The normalized spacial score (nSPS) is 13.4. The Morgan fingerprint density at radius 2 is 1.06 bits per heavy atom. The van der Waals surface area contributed by atoms with Crippen molar-refractivity contribution in [3.63, 3.8) is 0 Å². The number of ether oxygens (including phenoxy) is 1. The van der Waals surface area contributed by atoms with Gasteiger partial charge in [0.05, 0.1) is 22.2 Å². The van der Waals surface area contributed by atoms with Crippen molar-refractivity contribution in [2.45, 2.75) is 5.41 Å². The maximum absolute atomic E-state index is 6.99. The van der Waals surface area contributed by atoms with Gasteiger partial charge in [0.2, 0.25) is 0 Å². The van der Waals surface area contributed by atoms with Gasteiger partial charge in [-0.25, -0.2) is 9.97 Å². The fourth-order valence-corrected chi connectivity index (χ4v) is 8.46. The minimum atomic E-state index is -0.547. The molecule has 0 bridgehead atoms. The molecule has 4 nitrogen and oxygen atoms in total. The number of hydrogen-bond acceptors (Lipinski definition) is 4. The van der Waals surface area contributed by atoms with Crippen molar-refractivity contribution in [3.05, 3.63) is 192 Å². The minimum Gasteiger partial charge on any atom is -0.456 e. The molecule has 1 aliphatic heterocycles. The minimum absolute atomic E-state index is 0.547. The maximum Gasteiger partial charge on any atom is 0.160 e. The summed E-state index contributed by atoms with van der Waals surface area (Å²) in [6, 6.07) is 59.2. The van der Waals surface area contributed by atoms with Crippen LogP contribution in [-0.2, 0) is 5.41 Å². The molecule has 11 rings (SSSR count). The molecule has 0 saturated heterocycles. The standard InChI is InChI=1S/C47H28N2O2/c1-3-14-29(15-4-1)39-28-40(49-46(48-39)30-16-5-2-6-17-30)33-20-13-21-34-43-42(51-44(33)34)27-26-38-45(43)50-41-25-12-11-24-37(41)47(38)35-22-9-7-18-31(35)32-19-8-10-23-36(32)47/h1-28H. The third-order valence-corrected chi connectivity index (χ3v) is 10.6. The van der Waals surface area contributed by atoms with Gasteiger partial charge in [0.1, 0.15) is 22.7 Å². The summed E-state index contributed by atoms with van der Waals surface area (Å²) in [5, 5.41) is 1.94. The topological polar surface area (TPSA) is 48.2 Å². The van der Waals surface area contributed by atoms with Gasteiger partial charge in [-0.1, -0.05) is 140 Å². The van der Waals surface area contributed by atoms with Crippen molar-refractivity contribution in [3.8, 4) is 56.5 Å². The van der Waals surface area contributed by atoms with Crippen molar-refractivity contribution in [1.29, 1.82) is 0 Å². The molecular weight excluding hydrogens is 625 g/mol. The molecule has 0 atom stereocenters. The van der Waals surface area contributed by atoms with Crippen LogP contribution in [0, 0.1) is 0 Å². The summed E-state index contributed by atoms with van der Waals surface area (Å²) in [6.45, 7) is 0. The van der Waals surface area contributed by atoms with E-state index in [0.29, 0.717) is 5.82 Å². The Morgan fingerprint density at radius 1 is 0.451 bits per heavy atom. The van der Waals surface area contributed by atoms with E-state index in [1.165, 1.54) is 22.3 Å². The molecule has 3 heterocycles. The lowest BCUT2D eigenvalue weighted by atomic mass is 9.66. The van der Waals surface area contributed by atoms with E-state index in [1.807, 2.05) is 48.5 Å². The molecular formula is C47H28N2O2. The van der Waals surface area contributed by atoms with Crippen LogP contribution in [0.1, 0.15) is 22.3 Å². The zero-order valence-corrected chi connectivity index (χ0v) is 27.4. The van der Waals surface area contributed by atoms with Gasteiger partial charge in [0, 0.05) is 33.2 Å². The molecule has 4 heteroatoms. The molecule has 0 fully saturated rings. The second-order valence-electron chi connectivity index (χ2n) is 13.2. The first-order chi connectivity index (χ1) is 25.3. The monoisotopic (exact) mass is 652 g/mol. The lowest BCUT2D eigenvalue weighted by Crippen LogP contribution is -2.32. The highest BCUT2D eigenvalue weighted by molar-refractivity contribution is 6.13. The van der Waals surface area contributed by atoms with Crippen LogP contribution in [0.15, 0.2) is 174 Å². The van der Waals surface area contributed by atoms with Crippen LogP contribution >= 0.6 is 0 Å². The average Bonchev–Trinajstić information content (AvgIpc) is 3.73.